The highest BCUT2D eigenvalue weighted by Crippen LogP contribution is 2.44. The molecule has 0 amide bonds. The number of methoxy groups -OCH3 is 1. The maximum atomic E-state index is 5.44. The summed E-state index contributed by atoms with van der Waals surface area (Å²) in [5.74, 6) is 1.81. The molecular weight excluding hydrogens is 174 g/mol. The highest BCUT2D eigenvalue weighted by Gasteiger charge is 2.39. The smallest absolute Gasteiger partial charge is 0.0625 e. The second kappa shape index (κ2) is 5.13. The maximum absolute atomic E-state index is 5.44. The summed E-state index contributed by atoms with van der Waals surface area (Å²) >= 11 is 0. The second-order valence-corrected chi connectivity index (χ2v) is 5.13. The van der Waals surface area contributed by atoms with Crippen molar-refractivity contribution in [2.24, 2.45) is 11.8 Å². The van der Waals surface area contributed by atoms with Crippen molar-refractivity contribution in [3.63, 3.8) is 0 Å². The molecule has 1 saturated carbocycles. The van der Waals surface area contributed by atoms with Crippen LogP contribution >= 0.6 is 0 Å². The predicted octanol–water partition coefficient (Wildman–Crippen LogP) is 2.44. The minimum Gasteiger partial charge on any atom is -0.379 e. The van der Waals surface area contributed by atoms with Gasteiger partial charge in [0.1, 0.15) is 0 Å². The fourth-order valence-corrected chi connectivity index (χ4v) is 1.99. The Balaban J connectivity index is 2.08. The average molecular weight is 199 g/mol. The lowest BCUT2D eigenvalue weighted by molar-refractivity contribution is 0.00971. The summed E-state index contributed by atoms with van der Waals surface area (Å²) in [7, 11) is 1.81. The van der Waals surface area contributed by atoms with E-state index in [9.17, 15) is 0 Å². The molecule has 0 saturated heterocycles. The molecule has 1 rings (SSSR count). The Kier molecular flexibility index (Phi) is 4.39. The third-order valence-corrected chi connectivity index (χ3v) is 3.21. The lowest BCUT2D eigenvalue weighted by atomic mass is 10.0. The molecule has 1 aliphatic rings. The first-order chi connectivity index (χ1) is 6.59. The molecule has 0 aromatic rings. The molecule has 2 unspecified atom stereocenters. The van der Waals surface area contributed by atoms with Gasteiger partial charge in [-0.15, -0.1) is 0 Å². The van der Waals surface area contributed by atoms with Crippen LogP contribution in [0.5, 0.6) is 0 Å². The number of ether oxygens (including phenoxy) is 1. The predicted molar refractivity (Wildman–Crippen MR) is 60.5 cm³/mol. The van der Waals surface area contributed by atoms with Crippen molar-refractivity contribution in [1.82, 2.24) is 5.32 Å². The van der Waals surface area contributed by atoms with Crippen LogP contribution in [0.25, 0.3) is 0 Å². The van der Waals surface area contributed by atoms with Gasteiger partial charge in [-0.3, -0.25) is 0 Å². The highest BCUT2D eigenvalue weighted by molar-refractivity contribution is 4.91. The maximum Gasteiger partial charge on any atom is 0.0625 e. The van der Waals surface area contributed by atoms with Gasteiger partial charge in [0, 0.05) is 7.11 Å². The van der Waals surface area contributed by atoms with E-state index >= 15 is 0 Å². The van der Waals surface area contributed by atoms with Gasteiger partial charge in [-0.05, 0) is 58.0 Å². The Hall–Kier alpha value is -0.0800. The quantitative estimate of drug-likeness (QED) is 0.636. The Morgan fingerprint density at radius 3 is 2.64 bits per heavy atom. The molecule has 1 fully saturated rings. The SMILES string of the molecule is CCCNCC1CC1CC(C)(C)OC. The fourth-order valence-electron chi connectivity index (χ4n) is 1.99. The Morgan fingerprint density at radius 2 is 2.07 bits per heavy atom. The Labute approximate surface area is 88.4 Å². The monoisotopic (exact) mass is 199 g/mol. The highest BCUT2D eigenvalue weighted by atomic mass is 16.5. The van der Waals surface area contributed by atoms with Gasteiger partial charge in [0.05, 0.1) is 5.60 Å². The van der Waals surface area contributed by atoms with Crippen LogP contribution in [-0.2, 0) is 4.74 Å². The van der Waals surface area contributed by atoms with Gasteiger partial charge in [-0.2, -0.15) is 0 Å². The second-order valence-electron chi connectivity index (χ2n) is 5.13. The molecule has 0 aromatic heterocycles. The molecule has 1 N–H and O–H groups in total. The van der Waals surface area contributed by atoms with Crippen LogP contribution in [0.2, 0.25) is 0 Å². The van der Waals surface area contributed by atoms with Crippen LogP contribution in [0, 0.1) is 11.8 Å². The summed E-state index contributed by atoms with van der Waals surface area (Å²) in [6, 6.07) is 0. The van der Waals surface area contributed by atoms with Gasteiger partial charge in [-0.1, -0.05) is 6.92 Å². The fraction of sp³-hybridized carbons (Fsp3) is 1.00. The Bertz CT molecular complexity index is 168. The van der Waals surface area contributed by atoms with E-state index in [1.165, 1.54) is 25.8 Å². The van der Waals surface area contributed by atoms with Crippen molar-refractivity contribution >= 4 is 0 Å². The van der Waals surface area contributed by atoms with E-state index in [2.05, 4.69) is 26.1 Å². The van der Waals surface area contributed by atoms with Crippen molar-refractivity contribution in [1.29, 1.82) is 0 Å². The van der Waals surface area contributed by atoms with Crippen molar-refractivity contribution in [2.45, 2.75) is 45.6 Å². The summed E-state index contributed by atoms with van der Waals surface area (Å²) in [5, 5.41) is 3.49. The standard InChI is InChI=1S/C12H25NO/c1-5-6-13-9-11-7-10(11)8-12(2,3)14-4/h10-11,13H,5-9H2,1-4H3. The van der Waals surface area contributed by atoms with Crippen molar-refractivity contribution in [3.8, 4) is 0 Å². The molecule has 0 aromatic carbocycles. The van der Waals surface area contributed by atoms with Gasteiger partial charge >= 0.3 is 0 Å². The van der Waals surface area contributed by atoms with Crippen LogP contribution in [0.1, 0.15) is 40.0 Å². The van der Waals surface area contributed by atoms with E-state index in [0.29, 0.717) is 0 Å². The molecule has 2 nitrogen and oxygen atoms in total. The number of hydrogen-bond acceptors (Lipinski definition) is 2. The van der Waals surface area contributed by atoms with Crippen molar-refractivity contribution in [2.75, 3.05) is 20.2 Å². The summed E-state index contributed by atoms with van der Waals surface area (Å²) in [6.07, 6.45) is 3.84. The molecule has 14 heavy (non-hydrogen) atoms. The van der Waals surface area contributed by atoms with E-state index in [4.69, 9.17) is 4.74 Å². The Morgan fingerprint density at radius 1 is 1.36 bits per heavy atom. The first-order valence-electron chi connectivity index (χ1n) is 5.85. The van der Waals surface area contributed by atoms with Crippen LogP contribution in [-0.4, -0.2) is 25.8 Å². The van der Waals surface area contributed by atoms with Gasteiger partial charge in [-0.25, -0.2) is 0 Å². The molecule has 0 radical (unpaired) electrons. The molecule has 1 aliphatic carbocycles. The molecule has 84 valence electrons. The summed E-state index contributed by atoms with van der Waals surface area (Å²) in [5.41, 5.74) is 0.0736. The lowest BCUT2D eigenvalue weighted by Gasteiger charge is -2.22. The van der Waals surface area contributed by atoms with E-state index in [1.807, 2.05) is 7.11 Å². The zero-order chi connectivity index (χ0) is 10.6. The van der Waals surface area contributed by atoms with Gasteiger partial charge in [0.25, 0.3) is 0 Å². The first-order valence-corrected chi connectivity index (χ1v) is 5.85. The molecule has 0 spiro atoms. The topological polar surface area (TPSA) is 21.3 Å². The minimum atomic E-state index is 0.0736. The molecular formula is C12H25NO. The van der Waals surface area contributed by atoms with Gasteiger partial charge in [0.15, 0.2) is 0 Å². The van der Waals surface area contributed by atoms with Gasteiger partial charge in [0.2, 0.25) is 0 Å². The third kappa shape index (κ3) is 3.97. The molecule has 0 aliphatic heterocycles. The van der Waals surface area contributed by atoms with E-state index in [1.54, 1.807) is 0 Å². The number of rotatable bonds is 7. The largest absolute Gasteiger partial charge is 0.379 e. The first kappa shape index (κ1) is 12.0. The molecule has 2 heteroatoms. The van der Waals surface area contributed by atoms with Crippen LogP contribution < -0.4 is 5.32 Å². The third-order valence-electron chi connectivity index (χ3n) is 3.21. The van der Waals surface area contributed by atoms with E-state index < -0.39 is 0 Å². The van der Waals surface area contributed by atoms with Crippen LogP contribution in [0.4, 0.5) is 0 Å². The summed E-state index contributed by atoms with van der Waals surface area (Å²) < 4.78 is 5.44. The zero-order valence-corrected chi connectivity index (χ0v) is 10.1. The summed E-state index contributed by atoms with van der Waals surface area (Å²) in [6.45, 7) is 8.95. The van der Waals surface area contributed by atoms with E-state index in [-0.39, 0.29) is 5.60 Å². The molecule has 0 heterocycles. The lowest BCUT2D eigenvalue weighted by Crippen LogP contribution is -2.24. The minimum absolute atomic E-state index is 0.0736. The number of nitrogens with one attached hydrogen (secondary N) is 1. The molecule has 2 atom stereocenters. The van der Waals surface area contributed by atoms with Crippen molar-refractivity contribution in [3.05, 3.63) is 0 Å². The van der Waals surface area contributed by atoms with E-state index in [0.717, 1.165) is 18.4 Å². The normalized spacial score (nSPS) is 26.6. The average Bonchev–Trinajstić information content (AvgIpc) is 2.84. The zero-order valence-electron chi connectivity index (χ0n) is 10.1. The van der Waals surface area contributed by atoms with Gasteiger partial charge < -0.3 is 10.1 Å². The number of hydrogen-bond donors (Lipinski definition) is 1. The molecule has 0 bridgehead atoms. The van der Waals surface area contributed by atoms with Crippen molar-refractivity contribution < 1.29 is 4.74 Å². The summed E-state index contributed by atoms with van der Waals surface area (Å²) in [4.78, 5) is 0. The van der Waals surface area contributed by atoms with Crippen LogP contribution in [0.15, 0.2) is 0 Å². The van der Waals surface area contributed by atoms with Crippen LogP contribution in [0.3, 0.4) is 0 Å².